The fourth-order valence-corrected chi connectivity index (χ4v) is 5.29. The van der Waals surface area contributed by atoms with E-state index in [1.165, 1.54) is 12.8 Å². The molecule has 3 heterocycles. The van der Waals surface area contributed by atoms with Gasteiger partial charge in [-0.25, -0.2) is 0 Å². The Bertz CT molecular complexity index is 900. The van der Waals surface area contributed by atoms with Gasteiger partial charge in [0.15, 0.2) is 0 Å². The molecule has 2 saturated heterocycles. The molecule has 3 aliphatic rings. The second-order valence-corrected chi connectivity index (χ2v) is 9.45. The molecule has 1 N–H and O–H groups in total. The van der Waals surface area contributed by atoms with Gasteiger partial charge in [-0.1, -0.05) is 12.8 Å². The molecular weight excluding hydrogens is 420 g/mol. The van der Waals surface area contributed by atoms with Crippen LogP contribution in [-0.2, 0) is 14.3 Å². The second-order valence-electron chi connectivity index (χ2n) is 9.45. The molecule has 0 spiro atoms. The summed E-state index contributed by atoms with van der Waals surface area (Å²) in [4.78, 5) is 31.7. The second kappa shape index (κ2) is 10.7. The molecule has 1 aliphatic carbocycles. The van der Waals surface area contributed by atoms with Crippen molar-refractivity contribution in [1.29, 1.82) is 5.26 Å². The predicted molar refractivity (Wildman–Crippen MR) is 125 cm³/mol. The molecule has 9 nitrogen and oxygen atoms in total. The number of amides is 2. The Hall–Kier alpha value is -2.41. The van der Waals surface area contributed by atoms with Gasteiger partial charge in [0.25, 0.3) is 0 Å². The minimum absolute atomic E-state index is 0.101. The van der Waals surface area contributed by atoms with Crippen molar-refractivity contribution in [1.82, 2.24) is 19.3 Å². The van der Waals surface area contributed by atoms with Crippen LogP contribution in [0.4, 0.5) is 5.82 Å². The lowest BCUT2D eigenvalue weighted by Gasteiger charge is -2.36. The molecule has 4 rings (SSSR count). The van der Waals surface area contributed by atoms with Gasteiger partial charge in [-0.2, -0.15) is 5.26 Å². The van der Waals surface area contributed by atoms with E-state index in [0.29, 0.717) is 63.4 Å². The van der Waals surface area contributed by atoms with Crippen LogP contribution in [0.15, 0.2) is 0 Å². The molecule has 2 aliphatic heterocycles. The molecule has 9 heteroatoms. The summed E-state index contributed by atoms with van der Waals surface area (Å²) in [5.74, 6) is 0.708. The first-order valence-corrected chi connectivity index (χ1v) is 12.2. The van der Waals surface area contributed by atoms with Gasteiger partial charge in [-0.05, 0) is 32.3 Å². The minimum Gasteiger partial charge on any atom is -0.379 e. The van der Waals surface area contributed by atoms with Crippen molar-refractivity contribution in [2.24, 2.45) is 0 Å². The van der Waals surface area contributed by atoms with Crippen LogP contribution in [-0.4, -0.2) is 96.7 Å². The molecule has 1 aromatic rings. The Morgan fingerprint density at radius 3 is 2.27 bits per heavy atom. The van der Waals surface area contributed by atoms with Crippen molar-refractivity contribution in [3.05, 3.63) is 16.8 Å². The third kappa shape index (κ3) is 5.40. The van der Waals surface area contributed by atoms with Gasteiger partial charge in [-0.3, -0.25) is 19.4 Å². The Balaban J connectivity index is 1.31. The number of anilines is 1. The average molecular weight is 457 g/mol. The molecule has 0 atom stereocenters. The number of piperazine rings is 1. The fourth-order valence-electron chi connectivity index (χ4n) is 5.29. The van der Waals surface area contributed by atoms with Crippen molar-refractivity contribution in [3.63, 3.8) is 0 Å². The number of rotatable bonds is 6. The summed E-state index contributed by atoms with van der Waals surface area (Å²) < 4.78 is 7.53. The first kappa shape index (κ1) is 23.7. The van der Waals surface area contributed by atoms with E-state index < -0.39 is 0 Å². The van der Waals surface area contributed by atoms with Crippen LogP contribution in [0.25, 0.3) is 0 Å². The lowest BCUT2D eigenvalue weighted by molar-refractivity contribution is -0.135. The summed E-state index contributed by atoms with van der Waals surface area (Å²) in [7, 11) is 0. The summed E-state index contributed by atoms with van der Waals surface area (Å²) in [5.41, 5.74) is 2.60. The normalized spacial score (nSPS) is 20.7. The van der Waals surface area contributed by atoms with Crippen molar-refractivity contribution in [3.8, 4) is 6.07 Å². The SMILES string of the molecule is Cc1c(C#N)c(NC(=O)CN2CCN(C(=O)CN3CCOCC3)CC2)n(C2CCCC2)c1C. The third-order valence-electron chi connectivity index (χ3n) is 7.37. The molecule has 1 saturated carbocycles. The molecule has 180 valence electrons. The maximum Gasteiger partial charge on any atom is 0.239 e. The largest absolute Gasteiger partial charge is 0.379 e. The molecule has 3 fully saturated rings. The van der Waals surface area contributed by atoms with Crippen LogP contribution in [0, 0.1) is 25.2 Å². The highest BCUT2D eigenvalue weighted by molar-refractivity contribution is 5.93. The van der Waals surface area contributed by atoms with Crippen molar-refractivity contribution < 1.29 is 14.3 Å². The molecule has 0 aromatic carbocycles. The highest BCUT2D eigenvalue weighted by atomic mass is 16.5. The van der Waals surface area contributed by atoms with E-state index in [-0.39, 0.29) is 18.4 Å². The number of nitrogens with one attached hydrogen (secondary N) is 1. The van der Waals surface area contributed by atoms with Crippen LogP contribution >= 0.6 is 0 Å². The van der Waals surface area contributed by atoms with Crippen LogP contribution in [0.2, 0.25) is 0 Å². The Kier molecular flexibility index (Phi) is 7.68. The smallest absolute Gasteiger partial charge is 0.239 e. The molecule has 0 bridgehead atoms. The number of carbonyl (C=O) groups is 2. The van der Waals surface area contributed by atoms with E-state index in [1.54, 1.807) is 0 Å². The van der Waals surface area contributed by atoms with E-state index in [9.17, 15) is 14.9 Å². The van der Waals surface area contributed by atoms with E-state index in [0.717, 1.165) is 37.2 Å². The number of ether oxygens (including phenoxy) is 1. The first-order valence-electron chi connectivity index (χ1n) is 12.2. The predicted octanol–water partition coefficient (Wildman–Crippen LogP) is 1.51. The number of nitriles is 1. The van der Waals surface area contributed by atoms with E-state index >= 15 is 0 Å². The van der Waals surface area contributed by atoms with Crippen LogP contribution in [0.5, 0.6) is 0 Å². The summed E-state index contributed by atoms with van der Waals surface area (Å²) in [6.45, 7) is 10.3. The number of aromatic nitrogens is 1. The Morgan fingerprint density at radius 2 is 1.64 bits per heavy atom. The quantitative estimate of drug-likeness (QED) is 0.697. The summed E-state index contributed by atoms with van der Waals surface area (Å²) in [6, 6.07) is 2.65. The molecule has 0 radical (unpaired) electrons. The van der Waals surface area contributed by atoms with Gasteiger partial charge in [0, 0.05) is 51.0 Å². The lowest BCUT2D eigenvalue weighted by atomic mass is 10.2. The maximum absolute atomic E-state index is 12.9. The van der Waals surface area contributed by atoms with Crippen LogP contribution < -0.4 is 5.32 Å². The molecule has 33 heavy (non-hydrogen) atoms. The third-order valence-corrected chi connectivity index (χ3v) is 7.37. The van der Waals surface area contributed by atoms with Crippen LogP contribution in [0.1, 0.15) is 48.5 Å². The fraction of sp³-hybridized carbons (Fsp3) is 0.708. The molecular formula is C24H36N6O3. The van der Waals surface area contributed by atoms with Gasteiger partial charge < -0.3 is 19.5 Å². The van der Waals surface area contributed by atoms with Gasteiger partial charge in [-0.15, -0.1) is 0 Å². The standard InChI is InChI=1S/C24H36N6O3/c1-18-19(2)30(20-5-3-4-6-20)24(21(18)15-25)26-22(31)16-27-7-9-29(10-8-27)23(32)17-28-11-13-33-14-12-28/h20H,3-14,16-17H2,1-2H3,(H,26,31). The highest BCUT2D eigenvalue weighted by Gasteiger charge is 2.28. The molecule has 1 aromatic heterocycles. The summed E-state index contributed by atoms with van der Waals surface area (Å²) in [6.07, 6.45) is 4.54. The maximum atomic E-state index is 12.9. The van der Waals surface area contributed by atoms with E-state index in [4.69, 9.17) is 4.74 Å². The van der Waals surface area contributed by atoms with E-state index in [2.05, 4.69) is 25.8 Å². The Labute approximate surface area is 196 Å². The zero-order valence-electron chi connectivity index (χ0n) is 19.9. The summed E-state index contributed by atoms with van der Waals surface area (Å²) in [5, 5.41) is 12.8. The zero-order chi connectivity index (χ0) is 23.4. The van der Waals surface area contributed by atoms with Gasteiger partial charge in [0.1, 0.15) is 11.9 Å². The van der Waals surface area contributed by atoms with Gasteiger partial charge in [0.2, 0.25) is 11.8 Å². The number of morpholine rings is 1. The van der Waals surface area contributed by atoms with Crippen molar-refractivity contribution in [2.75, 3.05) is 70.9 Å². The first-order chi connectivity index (χ1) is 16.0. The van der Waals surface area contributed by atoms with Gasteiger partial charge >= 0.3 is 0 Å². The number of hydrogen-bond acceptors (Lipinski definition) is 6. The number of carbonyl (C=O) groups excluding carboxylic acids is 2. The molecule has 0 unspecified atom stereocenters. The summed E-state index contributed by atoms with van der Waals surface area (Å²) >= 11 is 0. The van der Waals surface area contributed by atoms with Crippen LogP contribution in [0.3, 0.4) is 0 Å². The van der Waals surface area contributed by atoms with E-state index in [1.807, 2.05) is 18.7 Å². The van der Waals surface area contributed by atoms with Crippen molar-refractivity contribution >= 4 is 17.6 Å². The topological polar surface area (TPSA) is 93.8 Å². The average Bonchev–Trinajstić information content (AvgIpc) is 3.41. The number of nitrogens with zero attached hydrogens (tertiary/aromatic N) is 5. The lowest BCUT2D eigenvalue weighted by Crippen LogP contribution is -2.53. The van der Waals surface area contributed by atoms with Crippen molar-refractivity contribution in [2.45, 2.75) is 45.6 Å². The monoisotopic (exact) mass is 456 g/mol. The Morgan fingerprint density at radius 1 is 1.00 bits per heavy atom. The number of hydrogen-bond donors (Lipinski definition) is 1. The van der Waals surface area contributed by atoms with Gasteiger partial charge in [0.05, 0.1) is 31.9 Å². The highest BCUT2D eigenvalue weighted by Crippen LogP contribution is 2.37. The zero-order valence-corrected chi connectivity index (χ0v) is 19.9. The minimum atomic E-state index is -0.101. The molecule has 2 amide bonds.